The third-order valence-corrected chi connectivity index (χ3v) is 6.88. The van der Waals surface area contributed by atoms with E-state index in [0.29, 0.717) is 23.0 Å². The number of carbonyl (C=O) groups is 3. The van der Waals surface area contributed by atoms with Crippen molar-refractivity contribution in [1.29, 1.82) is 0 Å². The molecule has 0 aromatic heterocycles. The fourth-order valence-corrected chi connectivity index (χ4v) is 4.94. The Kier molecular flexibility index (Phi) is 7.43. The summed E-state index contributed by atoms with van der Waals surface area (Å²) in [7, 11) is 0. The Hall–Kier alpha value is -5.56. The Labute approximate surface area is 235 Å². The number of nitrogens with one attached hydrogen (secondary N) is 1. The van der Waals surface area contributed by atoms with Crippen molar-refractivity contribution in [2.75, 3.05) is 11.9 Å². The summed E-state index contributed by atoms with van der Waals surface area (Å²) in [5.41, 5.74) is -0.0507. The zero-order chi connectivity index (χ0) is 29.1. The lowest BCUT2D eigenvalue weighted by atomic mass is 10.1. The Balaban J connectivity index is 1.30. The van der Waals surface area contributed by atoms with E-state index in [2.05, 4.69) is 5.32 Å². The molecular weight excluding hydrogens is 552 g/mol. The number of anilines is 1. The van der Waals surface area contributed by atoms with Crippen molar-refractivity contribution in [3.8, 4) is 11.5 Å². The summed E-state index contributed by atoms with van der Waals surface area (Å²) in [6.45, 7) is -0.474. The highest BCUT2D eigenvalue weighted by atomic mass is 32.2. The molecule has 12 nitrogen and oxygen atoms in total. The molecule has 0 bridgehead atoms. The molecule has 1 heterocycles. The first-order valence-corrected chi connectivity index (χ1v) is 12.7. The van der Waals surface area contributed by atoms with Gasteiger partial charge in [0, 0.05) is 17.1 Å². The molecular formula is C28H18N4O8S. The average Bonchev–Trinajstić information content (AvgIpc) is 3.20. The lowest BCUT2D eigenvalue weighted by Gasteiger charge is -2.13. The number of hydrogen-bond acceptors (Lipinski definition) is 9. The number of amides is 3. The van der Waals surface area contributed by atoms with Crippen molar-refractivity contribution in [2.24, 2.45) is 0 Å². The van der Waals surface area contributed by atoms with E-state index in [-0.39, 0.29) is 16.4 Å². The molecule has 1 fully saturated rings. The van der Waals surface area contributed by atoms with E-state index in [4.69, 9.17) is 4.74 Å². The van der Waals surface area contributed by atoms with Gasteiger partial charge in [-0.3, -0.25) is 39.5 Å². The standard InChI is InChI=1S/C28H18N4O8S/c33-26(29-22-10-4-7-18-6-1-2-9-21(18)22)16-30-27(34)25(41-28(30)35)14-17-5-3-8-20(13-17)40-24-12-11-19(31(36)37)15-23(24)32(38)39/h1-15H,16H2,(H,29,33)/b25-14+. The first-order valence-electron chi connectivity index (χ1n) is 11.9. The molecule has 0 saturated carbocycles. The third kappa shape index (κ3) is 5.89. The first kappa shape index (κ1) is 27.0. The van der Waals surface area contributed by atoms with Gasteiger partial charge in [0.05, 0.1) is 20.8 Å². The monoisotopic (exact) mass is 570 g/mol. The van der Waals surface area contributed by atoms with E-state index >= 15 is 0 Å². The molecule has 4 aromatic rings. The van der Waals surface area contributed by atoms with Gasteiger partial charge in [-0.2, -0.15) is 0 Å². The van der Waals surface area contributed by atoms with Crippen LogP contribution in [0.3, 0.4) is 0 Å². The van der Waals surface area contributed by atoms with Crippen LogP contribution in [0.25, 0.3) is 16.8 Å². The van der Waals surface area contributed by atoms with E-state index in [9.17, 15) is 34.6 Å². The summed E-state index contributed by atoms with van der Waals surface area (Å²) < 4.78 is 5.60. The van der Waals surface area contributed by atoms with Gasteiger partial charge >= 0.3 is 5.69 Å². The van der Waals surface area contributed by atoms with Crippen molar-refractivity contribution in [3.05, 3.63) is 116 Å². The van der Waals surface area contributed by atoms with Gasteiger partial charge in [-0.1, -0.05) is 48.5 Å². The Morgan fingerprint density at radius 2 is 1.68 bits per heavy atom. The van der Waals surface area contributed by atoms with Gasteiger partial charge in [-0.05, 0) is 53.1 Å². The van der Waals surface area contributed by atoms with Gasteiger partial charge in [0.1, 0.15) is 12.3 Å². The van der Waals surface area contributed by atoms with Crippen LogP contribution in [0.5, 0.6) is 11.5 Å². The van der Waals surface area contributed by atoms with Gasteiger partial charge in [0.15, 0.2) is 0 Å². The Morgan fingerprint density at radius 1 is 0.927 bits per heavy atom. The van der Waals surface area contributed by atoms with E-state index in [0.717, 1.165) is 33.9 Å². The lowest BCUT2D eigenvalue weighted by Crippen LogP contribution is -2.36. The highest BCUT2D eigenvalue weighted by molar-refractivity contribution is 8.18. The number of rotatable bonds is 8. The van der Waals surface area contributed by atoms with Crippen LogP contribution in [-0.4, -0.2) is 38.3 Å². The molecule has 5 rings (SSSR count). The van der Waals surface area contributed by atoms with Crippen LogP contribution in [0.2, 0.25) is 0 Å². The molecule has 0 aliphatic carbocycles. The quantitative estimate of drug-likeness (QED) is 0.149. The second-order valence-electron chi connectivity index (χ2n) is 8.68. The van der Waals surface area contributed by atoms with Crippen LogP contribution < -0.4 is 10.1 Å². The van der Waals surface area contributed by atoms with Gasteiger partial charge in [0.25, 0.3) is 16.8 Å². The Bertz CT molecular complexity index is 1780. The van der Waals surface area contributed by atoms with Crippen LogP contribution in [0.4, 0.5) is 21.9 Å². The van der Waals surface area contributed by atoms with Crippen LogP contribution >= 0.6 is 11.8 Å². The predicted octanol–water partition coefficient (Wildman–Crippen LogP) is 6.12. The molecule has 3 amide bonds. The molecule has 13 heteroatoms. The number of hydrogen-bond donors (Lipinski definition) is 1. The highest BCUT2D eigenvalue weighted by Gasteiger charge is 2.36. The molecule has 0 atom stereocenters. The molecule has 0 unspecified atom stereocenters. The molecule has 0 spiro atoms. The first-order chi connectivity index (χ1) is 19.7. The summed E-state index contributed by atoms with van der Waals surface area (Å²) in [5, 5.41) is 26.3. The van der Waals surface area contributed by atoms with Crippen LogP contribution in [0.15, 0.2) is 89.8 Å². The van der Waals surface area contributed by atoms with Crippen LogP contribution in [0, 0.1) is 20.2 Å². The average molecular weight is 571 g/mol. The van der Waals surface area contributed by atoms with Gasteiger partial charge in [0.2, 0.25) is 11.7 Å². The number of imide groups is 1. The van der Waals surface area contributed by atoms with Crippen molar-refractivity contribution in [3.63, 3.8) is 0 Å². The number of ether oxygens (including phenoxy) is 1. The fourth-order valence-electron chi connectivity index (χ4n) is 4.10. The molecule has 1 aliphatic rings. The molecule has 1 N–H and O–H groups in total. The van der Waals surface area contributed by atoms with E-state index in [1.165, 1.54) is 18.2 Å². The number of fused-ring (bicyclic) bond motifs is 1. The number of nitrogens with zero attached hydrogens (tertiary/aromatic N) is 3. The summed E-state index contributed by atoms with van der Waals surface area (Å²) in [5.74, 6) is -1.24. The molecule has 41 heavy (non-hydrogen) atoms. The molecule has 0 radical (unpaired) electrons. The molecule has 1 saturated heterocycles. The number of carbonyl (C=O) groups excluding carboxylic acids is 3. The highest BCUT2D eigenvalue weighted by Crippen LogP contribution is 2.36. The molecule has 204 valence electrons. The number of thioether (sulfide) groups is 1. The maximum Gasteiger partial charge on any atom is 0.318 e. The zero-order valence-electron chi connectivity index (χ0n) is 20.9. The Morgan fingerprint density at radius 3 is 2.46 bits per heavy atom. The van der Waals surface area contributed by atoms with Gasteiger partial charge in [-0.15, -0.1) is 0 Å². The van der Waals surface area contributed by atoms with Crippen molar-refractivity contribution < 1.29 is 29.0 Å². The predicted molar refractivity (Wildman–Crippen MR) is 152 cm³/mol. The number of non-ortho nitro benzene ring substituents is 1. The smallest absolute Gasteiger partial charge is 0.318 e. The van der Waals surface area contributed by atoms with E-state index < -0.39 is 44.8 Å². The maximum absolute atomic E-state index is 13.0. The van der Waals surface area contributed by atoms with Gasteiger partial charge < -0.3 is 10.1 Å². The lowest BCUT2D eigenvalue weighted by molar-refractivity contribution is -0.394. The molecule has 4 aromatic carbocycles. The molecule has 1 aliphatic heterocycles. The van der Waals surface area contributed by atoms with Crippen molar-refractivity contribution in [1.82, 2.24) is 4.90 Å². The van der Waals surface area contributed by atoms with Crippen LogP contribution in [0.1, 0.15) is 5.56 Å². The SMILES string of the molecule is O=C(CN1C(=O)S/C(=C/c2cccc(Oc3ccc([N+](=O)[O-])cc3[N+](=O)[O-])c2)C1=O)Nc1cccc2ccccc12. The minimum atomic E-state index is -0.793. The summed E-state index contributed by atoms with van der Waals surface area (Å²) in [4.78, 5) is 60.0. The minimum Gasteiger partial charge on any atom is -0.450 e. The normalized spacial score (nSPS) is 14.0. The van der Waals surface area contributed by atoms with Gasteiger partial charge in [-0.25, -0.2) is 0 Å². The third-order valence-electron chi connectivity index (χ3n) is 5.97. The van der Waals surface area contributed by atoms with Crippen molar-refractivity contribution in [2.45, 2.75) is 0 Å². The summed E-state index contributed by atoms with van der Waals surface area (Å²) in [6.07, 6.45) is 1.44. The number of benzene rings is 4. The van der Waals surface area contributed by atoms with E-state index in [1.807, 2.05) is 30.3 Å². The topological polar surface area (TPSA) is 162 Å². The maximum atomic E-state index is 13.0. The van der Waals surface area contributed by atoms with Crippen molar-refractivity contribution >= 4 is 62.7 Å². The largest absolute Gasteiger partial charge is 0.450 e. The van der Waals surface area contributed by atoms with E-state index in [1.54, 1.807) is 24.3 Å². The zero-order valence-corrected chi connectivity index (χ0v) is 21.7. The minimum absolute atomic E-state index is 0.0754. The second-order valence-corrected chi connectivity index (χ2v) is 9.68. The number of nitro groups is 2. The fraction of sp³-hybridized carbons (Fsp3) is 0.0357. The van der Waals surface area contributed by atoms with Crippen LogP contribution in [-0.2, 0) is 9.59 Å². The summed E-state index contributed by atoms with van der Waals surface area (Å²) in [6, 6.07) is 22.1. The number of nitro benzene ring substituents is 2. The summed E-state index contributed by atoms with van der Waals surface area (Å²) >= 11 is 0.673. The second kappa shape index (κ2) is 11.3.